The lowest BCUT2D eigenvalue weighted by atomic mass is 10.0. The van der Waals surface area contributed by atoms with Crippen LogP contribution in [0.15, 0.2) is 30.0 Å². The van der Waals surface area contributed by atoms with Gasteiger partial charge in [0.15, 0.2) is 0 Å². The summed E-state index contributed by atoms with van der Waals surface area (Å²) in [5.41, 5.74) is 4.26. The van der Waals surface area contributed by atoms with E-state index in [0.29, 0.717) is 6.61 Å². The summed E-state index contributed by atoms with van der Waals surface area (Å²) in [5.74, 6) is 0.125. The standard InChI is InChI=1S/C21H31NO2/c1-16(2)24-12-8-11-22(20-9-6-5-7-10-20)21(23)19-14-17(3)13-18(4)15-19/h9,13-16H,5-8,10-12H2,1-4H3. The number of carbonyl (C=O) groups is 1. The second-order valence-electron chi connectivity index (χ2n) is 7.05. The third-order valence-electron chi connectivity index (χ3n) is 4.30. The first kappa shape index (κ1) is 18.7. The van der Waals surface area contributed by atoms with E-state index in [2.05, 4.69) is 12.1 Å². The van der Waals surface area contributed by atoms with Crippen LogP contribution in [0.25, 0.3) is 0 Å². The normalized spacial score (nSPS) is 14.6. The van der Waals surface area contributed by atoms with Gasteiger partial charge in [-0.05, 0) is 71.9 Å². The Labute approximate surface area is 146 Å². The summed E-state index contributed by atoms with van der Waals surface area (Å²) in [5, 5.41) is 0. The molecule has 0 N–H and O–H groups in total. The van der Waals surface area contributed by atoms with Gasteiger partial charge in [0.05, 0.1) is 6.10 Å². The zero-order chi connectivity index (χ0) is 17.5. The Morgan fingerprint density at radius 1 is 1.17 bits per heavy atom. The van der Waals surface area contributed by atoms with Crippen molar-refractivity contribution in [2.24, 2.45) is 0 Å². The van der Waals surface area contributed by atoms with E-state index in [0.717, 1.165) is 42.5 Å². The first-order chi connectivity index (χ1) is 11.5. The maximum Gasteiger partial charge on any atom is 0.258 e. The smallest absolute Gasteiger partial charge is 0.258 e. The third kappa shape index (κ3) is 5.48. The fraction of sp³-hybridized carbons (Fsp3) is 0.571. The molecule has 24 heavy (non-hydrogen) atoms. The number of ether oxygens (including phenoxy) is 1. The molecule has 0 radical (unpaired) electrons. The zero-order valence-corrected chi connectivity index (χ0v) is 15.6. The summed E-state index contributed by atoms with van der Waals surface area (Å²) in [6.45, 7) is 9.60. The van der Waals surface area contributed by atoms with Crippen LogP contribution >= 0.6 is 0 Å². The van der Waals surface area contributed by atoms with E-state index in [-0.39, 0.29) is 12.0 Å². The molecule has 0 fully saturated rings. The number of carbonyl (C=O) groups excluding carboxylic acids is 1. The van der Waals surface area contributed by atoms with Gasteiger partial charge in [0, 0.05) is 24.4 Å². The average molecular weight is 329 g/mol. The molecule has 2 rings (SSSR count). The highest BCUT2D eigenvalue weighted by Crippen LogP contribution is 2.24. The van der Waals surface area contributed by atoms with Crippen molar-refractivity contribution >= 4 is 5.91 Å². The number of rotatable bonds is 7. The molecule has 0 heterocycles. The third-order valence-corrected chi connectivity index (χ3v) is 4.30. The van der Waals surface area contributed by atoms with E-state index in [1.807, 2.05) is 44.7 Å². The Balaban J connectivity index is 2.14. The van der Waals surface area contributed by atoms with Crippen molar-refractivity contribution in [2.45, 2.75) is 65.9 Å². The number of benzene rings is 1. The number of amides is 1. The van der Waals surface area contributed by atoms with E-state index < -0.39 is 0 Å². The Kier molecular flexibility index (Phi) is 7.04. The van der Waals surface area contributed by atoms with Crippen molar-refractivity contribution in [3.63, 3.8) is 0 Å². The lowest BCUT2D eigenvalue weighted by molar-refractivity contribution is 0.0653. The van der Waals surface area contributed by atoms with Crippen LogP contribution < -0.4 is 0 Å². The average Bonchev–Trinajstić information content (AvgIpc) is 2.54. The molecule has 0 aliphatic heterocycles. The van der Waals surface area contributed by atoms with Crippen LogP contribution in [-0.2, 0) is 4.74 Å². The van der Waals surface area contributed by atoms with Gasteiger partial charge in [-0.25, -0.2) is 0 Å². The minimum atomic E-state index is 0.125. The highest BCUT2D eigenvalue weighted by Gasteiger charge is 2.21. The van der Waals surface area contributed by atoms with Crippen molar-refractivity contribution in [1.29, 1.82) is 0 Å². The molecule has 0 unspecified atom stereocenters. The van der Waals surface area contributed by atoms with Gasteiger partial charge in [-0.15, -0.1) is 0 Å². The second-order valence-corrected chi connectivity index (χ2v) is 7.05. The van der Waals surface area contributed by atoms with Gasteiger partial charge in [0.1, 0.15) is 0 Å². The summed E-state index contributed by atoms with van der Waals surface area (Å²) in [7, 11) is 0. The van der Waals surface area contributed by atoms with Crippen molar-refractivity contribution in [2.75, 3.05) is 13.2 Å². The first-order valence-corrected chi connectivity index (χ1v) is 9.18. The summed E-state index contributed by atoms with van der Waals surface area (Å²) < 4.78 is 5.65. The molecular weight excluding hydrogens is 298 g/mol. The van der Waals surface area contributed by atoms with Crippen LogP contribution in [0.2, 0.25) is 0 Å². The molecule has 0 spiro atoms. The molecule has 1 aromatic carbocycles. The van der Waals surface area contributed by atoms with Crippen LogP contribution in [0.1, 0.15) is 67.4 Å². The molecule has 0 saturated carbocycles. The number of hydrogen-bond donors (Lipinski definition) is 0. The molecule has 1 aromatic rings. The summed E-state index contributed by atoms with van der Waals surface area (Å²) in [6.07, 6.45) is 7.83. The molecule has 3 heteroatoms. The monoisotopic (exact) mass is 329 g/mol. The van der Waals surface area contributed by atoms with Crippen LogP contribution in [-0.4, -0.2) is 30.1 Å². The van der Waals surface area contributed by atoms with Crippen molar-refractivity contribution in [1.82, 2.24) is 4.90 Å². The summed E-state index contributed by atoms with van der Waals surface area (Å²) >= 11 is 0. The SMILES string of the molecule is Cc1cc(C)cc(C(=O)N(CCCOC(C)C)C2=CCCCC2)c1. The Morgan fingerprint density at radius 3 is 2.46 bits per heavy atom. The summed E-state index contributed by atoms with van der Waals surface area (Å²) in [6, 6.07) is 6.10. The second kappa shape index (κ2) is 9.03. The van der Waals surface area contributed by atoms with Crippen LogP contribution in [0.3, 0.4) is 0 Å². The topological polar surface area (TPSA) is 29.5 Å². The zero-order valence-electron chi connectivity index (χ0n) is 15.6. The predicted octanol–water partition coefficient (Wildman–Crippen LogP) is 5.02. The van der Waals surface area contributed by atoms with Crippen molar-refractivity contribution < 1.29 is 9.53 Å². The fourth-order valence-electron chi connectivity index (χ4n) is 3.24. The molecule has 1 amide bonds. The lowest BCUT2D eigenvalue weighted by Gasteiger charge is -2.28. The molecular formula is C21H31NO2. The largest absolute Gasteiger partial charge is 0.379 e. The van der Waals surface area contributed by atoms with Gasteiger partial charge >= 0.3 is 0 Å². The molecule has 132 valence electrons. The van der Waals surface area contributed by atoms with Crippen molar-refractivity contribution in [3.8, 4) is 0 Å². The lowest BCUT2D eigenvalue weighted by Crippen LogP contribution is -2.33. The Hall–Kier alpha value is -1.61. The van der Waals surface area contributed by atoms with Crippen molar-refractivity contribution in [3.05, 3.63) is 46.7 Å². The summed E-state index contributed by atoms with van der Waals surface area (Å²) in [4.78, 5) is 15.1. The highest BCUT2D eigenvalue weighted by atomic mass is 16.5. The number of allylic oxidation sites excluding steroid dienone is 2. The number of nitrogens with zero attached hydrogens (tertiary/aromatic N) is 1. The van der Waals surface area contributed by atoms with E-state index in [1.165, 1.54) is 18.5 Å². The maximum absolute atomic E-state index is 13.1. The van der Waals surface area contributed by atoms with E-state index in [4.69, 9.17) is 4.74 Å². The minimum Gasteiger partial charge on any atom is -0.379 e. The van der Waals surface area contributed by atoms with Crippen LogP contribution in [0.5, 0.6) is 0 Å². The van der Waals surface area contributed by atoms with Gasteiger partial charge < -0.3 is 9.64 Å². The number of hydrogen-bond acceptors (Lipinski definition) is 2. The van der Waals surface area contributed by atoms with E-state index in [9.17, 15) is 4.79 Å². The molecule has 3 nitrogen and oxygen atoms in total. The Morgan fingerprint density at radius 2 is 1.88 bits per heavy atom. The van der Waals surface area contributed by atoms with Crippen LogP contribution in [0, 0.1) is 13.8 Å². The number of aryl methyl sites for hydroxylation is 2. The van der Waals surface area contributed by atoms with E-state index >= 15 is 0 Å². The van der Waals surface area contributed by atoms with Crippen LogP contribution in [0.4, 0.5) is 0 Å². The van der Waals surface area contributed by atoms with Gasteiger partial charge in [-0.1, -0.05) is 23.3 Å². The first-order valence-electron chi connectivity index (χ1n) is 9.18. The van der Waals surface area contributed by atoms with E-state index in [1.54, 1.807) is 0 Å². The van der Waals surface area contributed by atoms with Gasteiger partial charge in [-0.2, -0.15) is 0 Å². The predicted molar refractivity (Wildman–Crippen MR) is 99.2 cm³/mol. The quantitative estimate of drug-likeness (QED) is 0.657. The van der Waals surface area contributed by atoms with Gasteiger partial charge in [0.25, 0.3) is 5.91 Å². The molecule has 0 saturated heterocycles. The molecule has 1 aliphatic rings. The van der Waals surface area contributed by atoms with Gasteiger partial charge in [-0.3, -0.25) is 4.79 Å². The maximum atomic E-state index is 13.1. The molecule has 0 atom stereocenters. The fourth-order valence-corrected chi connectivity index (χ4v) is 3.24. The Bertz CT molecular complexity index is 569. The molecule has 1 aliphatic carbocycles. The molecule has 0 aromatic heterocycles. The van der Waals surface area contributed by atoms with Gasteiger partial charge in [0.2, 0.25) is 0 Å². The highest BCUT2D eigenvalue weighted by molar-refractivity contribution is 5.95. The minimum absolute atomic E-state index is 0.125. The molecule has 0 bridgehead atoms.